The van der Waals surface area contributed by atoms with Crippen LogP contribution in [0.4, 0.5) is 0 Å². The van der Waals surface area contributed by atoms with E-state index >= 15 is 0 Å². The van der Waals surface area contributed by atoms with Crippen LogP contribution in [-0.4, -0.2) is 38.8 Å². The number of carboxylic acids is 1. The highest BCUT2D eigenvalue weighted by molar-refractivity contribution is 6.31. The lowest BCUT2D eigenvalue weighted by atomic mass is 9.84. The van der Waals surface area contributed by atoms with Gasteiger partial charge in [0.15, 0.2) is 0 Å². The smallest absolute Gasteiger partial charge is 0.310 e. The molecule has 1 aliphatic heterocycles. The number of likely N-dealkylation sites (tertiary alicyclic amines) is 1. The van der Waals surface area contributed by atoms with Gasteiger partial charge in [-0.05, 0) is 25.8 Å². The van der Waals surface area contributed by atoms with E-state index in [1.807, 2.05) is 25.6 Å². The maximum absolute atomic E-state index is 11.5. The summed E-state index contributed by atoms with van der Waals surface area (Å²) in [5.41, 5.74) is 1.28. The van der Waals surface area contributed by atoms with Gasteiger partial charge in [0, 0.05) is 20.1 Å². The van der Waals surface area contributed by atoms with Gasteiger partial charge in [-0.1, -0.05) is 25.4 Å². The highest BCUT2D eigenvalue weighted by Gasteiger charge is 2.43. The summed E-state index contributed by atoms with van der Waals surface area (Å²) < 4.78 is 1.81. The highest BCUT2D eigenvalue weighted by Crippen LogP contribution is 2.35. The Bertz CT molecular complexity index is 515. The van der Waals surface area contributed by atoms with Gasteiger partial charge in [0.2, 0.25) is 0 Å². The first kappa shape index (κ1) is 15.3. The van der Waals surface area contributed by atoms with E-state index in [9.17, 15) is 9.90 Å². The molecular weight excluding hydrogens is 278 g/mol. The van der Waals surface area contributed by atoms with E-state index in [2.05, 4.69) is 10.00 Å². The number of aliphatic carboxylic acids is 1. The maximum Gasteiger partial charge on any atom is 0.310 e. The summed E-state index contributed by atoms with van der Waals surface area (Å²) in [5.74, 6) is -0.687. The fourth-order valence-electron chi connectivity index (χ4n) is 2.91. The summed E-state index contributed by atoms with van der Waals surface area (Å²) in [6.45, 7) is 6.02. The molecule has 0 radical (unpaired) electrons. The van der Waals surface area contributed by atoms with Crippen molar-refractivity contribution < 1.29 is 9.90 Å². The van der Waals surface area contributed by atoms with Crippen molar-refractivity contribution in [1.29, 1.82) is 0 Å². The molecule has 0 amide bonds. The quantitative estimate of drug-likeness (QED) is 0.906. The third-order valence-electron chi connectivity index (χ3n) is 4.44. The van der Waals surface area contributed by atoms with Crippen LogP contribution in [0, 0.1) is 5.41 Å². The lowest BCUT2D eigenvalue weighted by molar-refractivity contribution is -0.148. The van der Waals surface area contributed by atoms with Crippen molar-refractivity contribution in [3.63, 3.8) is 0 Å². The van der Waals surface area contributed by atoms with E-state index in [0.29, 0.717) is 25.9 Å². The van der Waals surface area contributed by atoms with Gasteiger partial charge in [-0.2, -0.15) is 5.10 Å². The van der Waals surface area contributed by atoms with Gasteiger partial charge in [-0.15, -0.1) is 0 Å². The number of aryl methyl sites for hydroxylation is 2. The van der Waals surface area contributed by atoms with E-state index in [-0.39, 0.29) is 0 Å². The molecule has 1 unspecified atom stereocenters. The predicted octanol–water partition coefficient (Wildman–Crippen LogP) is 2.32. The van der Waals surface area contributed by atoms with Gasteiger partial charge in [0.05, 0.1) is 21.8 Å². The number of carbonyl (C=O) groups is 1. The first-order chi connectivity index (χ1) is 9.43. The molecule has 20 heavy (non-hydrogen) atoms. The molecule has 1 N–H and O–H groups in total. The third-order valence-corrected chi connectivity index (χ3v) is 4.88. The summed E-state index contributed by atoms with van der Waals surface area (Å²) in [4.78, 5) is 13.6. The van der Waals surface area contributed by atoms with E-state index in [1.165, 1.54) is 0 Å². The van der Waals surface area contributed by atoms with Crippen LogP contribution in [0.1, 0.15) is 38.1 Å². The summed E-state index contributed by atoms with van der Waals surface area (Å²) >= 11 is 6.35. The zero-order valence-corrected chi connectivity index (χ0v) is 13.1. The standard InChI is InChI=1S/C14H22ClN3O2/c1-4-10-12(15)11(17(3)16-10)8-18-7-6-14(5-2,9-18)13(19)20/h4-9H2,1-3H3,(H,19,20). The van der Waals surface area contributed by atoms with E-state index in [1.54, 1.807) is 0 Å². The number of carboxylic acid groups (broad SMARTS) is 1. The van der Waals surface area contributed by atoms with Gasteiger partial charge in [0.1, 0.15) is 0 Å². The van der Waals surface area contributed by atoms with Crippen molar-refractivity contribution in [3.05, 3.63) is 16.4 Å². The van der Waals surface area contributed by atoms with Crippen LogP contribution in [0.2, 0.25) is 5.02 Å². The molecule has 0 aliphatic carbocycles. The van der Waals surface area contributed by atoms with Crippen LogP contribution < -0.4 is 0 Å². The number of hydrogen-bond donors (Lipinski definition) is 1. The van der Waals surface area contributed by atoms with Gasteiger partial charge < -0.3 is 5.11 Å². The molecule has 2 rings (SSSR count). The Hall–Kier alpha value is -1.07. The Balaban J connectivity index is 2.13. The van der Waals surface area contributed by atoms with Crippen molar-refractivity contribution in [2.45, 2.75) is 39.7 Å². The number of hydrogen-bond acceptors (Lipinski definition) is 3. The molecular formula is C14H22ClN3O2. The van der Waals surface area contributed by atoms with E-state index < -0.39 is 11.4 Å². The predicted molar refractivity (Wildman–Crippen MR) is 77.8 cm³/mol. The zero-order valence-electron chi connectivity index (χ0n) is 12.3. The van der Waals surface area contributed by atoms with Crippen LogP contribution in [0.15, 0.2) is 0 Å². The third kappa shape index (κ3) is 2.56. The van der Waals surface area contributed by atoms with Crippen LogP contribution >= 0.6 is 11.6 Å². The molecule has 0 spiro atoms. The summed E-state index contributed by atoms with van der Waals surface area (Å²) in [6, 6.07) is 0. The SMILES string of the molecule is CCc1nn(C)c(CN2CCC(CC)(C(=O)O)C2)c1Cl. The number of nitrogens with zero attached hydrogens (tertiary/aromatic N) is 3. The lowest BCUT2D eigenvalue weighted by Gasteiger charge is -2.23. The molecule has 1 aliphatic rings. The van der Waals surface area contributed by atoms with Crippen LogP contribution in [0.3, 0.4) is 0 Å². The molecule has 6 heteroatoms. The Morgan fingerprint density at radius 1 is 1.50 bits per heavy atom. The second kappa shape index (κ2) is 5.74. The average molecular weight is 300 g/mol. The summed E-state index contributed by atoms with van der Waals surface area (Å²) in [5, 5.41) is 14.6. The Kier molecular flexibility index (Phi) is 4.39. The molecule has 1 aromatic heterocycles. The van der Waals surface area contributed by atoms with Gasteiger partial charge >= 0.3 is 5.97 Å². The maximum atomic E-state index is 11.5. The monoisotopic (exact) mass is 299 g/mol. The number of halogens is 1. The Labute approximate surface area is 124 Å². The lowest BCUT2D eigenvalue weighted by Crippen LogP contribution is -2.34. The topological polar surface area (TPSA) is 58.4 Å². The molecule has 112 valence electrons. The molecule has 1 saturated heterocycles. The van der Waals surface area contributed by atoms with Gasteiger partial charge in [-0.25, -0.2) is 0 Å². The van der Waals surface area contributed by atoms with Crippen molar-refractivity contribution in [3.8, 4) is 0 Å². The van der Waals surface area contributed by atoms with Crippen molar-refractivity contribution in [2.24, 2.45) is 12.5 Å². The molecule has 1 aromatic rings. The summed E-state index contributed by atoms with van der Waals surface area (Å²) in [6.07, 6.45) is 2.17. The minimum Gasteiger partial charge on any atom is -0.481 e. The normalized spacial score (nSPS) is 23.4. The number of rotatable bonds is 5. The van der Waals surface area contributed by atoms with Gasteiger partial charge in [-0.3, -0.25) is 14.4 Å². The molecule has 1 fully saturated rings. The molecule has 0 aromatic carbocycles. The highest BCUT2D eigenvalue weighted by atomic mass is 35.5. The summed E-state index contributed by atoms with van der Waals surface area (Å²) in [7, 11) is 1.89. The minimum absolute atomic E-state index is 0.585. The molecule has 2 heterocycles. The van der Waals surface area contributed by atoms with Crippen molar-refractivity contribution in [2.75, 3.05) is 13.1 Å². The van der Waals surface area contributed by atoms with Gasteiger partial charge in [0.25, 0.3) is 0 Å². The fraction of sp³-hybridized carbons (Fsp3) is 0.714. The van der Waals surface area contributed by atoms with Crippen LogP contribution in [0.5, 0.6) is 0 Å². The largest absolute Gasteiger partial charge is 0.481 e. The van der Waals surface area contributed by atoms with E-state index in [0.717, 1.165) is 29.4 Å². The second-order valence-corrected chi connectivity index (χ2v) is 5.96. The van der Waals surface area contributed by atoms with Crippen LogP contribution in [0.25, 0.3) is 0 Å². The molecule has 1 atom stereocenters. The van der Waals surface area contributed by atoms with Crippen molar-refractivity contribution in [1.82, 2.24) is 14.7 Å². The molecule has 5 nitrogen and oxygen atoms in total. The first-order valence-electron chi connectivity index (χ1n) is 7.09. The number of aromatic nitrogens is 2. The molecule has 0 bridgehead atoms. The minimum atomic E-state index is -0.687. The van der Waals surface area contributed by atoms with Crippen molar-refractivity contribution >= 4 is 17.6 Å². The first-order valence-corrected chi connectivity index (χ1v) is 7.47. The Morgan fingerprint density at radius 3 is 2.65 bits per heavy atom. The Morgan fingerprint density at radius 2 is 2.20 bits per heavy atom. The van der Waals surface area contributed by atoms with E-state index in [4.69, 9.17) is 11.6 Å². The average Bonchev–Trinajstić information content (AvgIpc) is 2.96. The second-order valence-electron chi connectivity index (χ2n) is 5.58. The zero-order chi connectivity index (χ0) is 14.9. The fourth-order valence-corrected chi connectivity index (χ4v) is 3.26. The van der Waals surface area contributed by atoms with Crippen LogP contribution in [-0.2, 0) is 24.8 Å². The molecule has 0 saturated carbocycles.